The maximum absolute atomic E-state index is 11.7. The van der Waals surface area contributed by atoms with E-state index in [-0.39, 0.29) is 17.9 Å². The van der Waals surface area contributed by atoms with E-state index >= 15 is 0 Å². The highest BCUT2D eigenvalue weighted by Crippen LogP contribution is 2.16. The van der Waals surface area contributed by atoms with Crippen molar-refractivity contribution in [1.29, 1.82) is 0 Å². The van der Waals surface area contributed by atoms with Gasteiger partial charge in [0.15, 0.2) is 9.84 Å². The van der Waals surface area contributed by atoms with Crippen LogP contribution in [0.5, 0.6) is 5.75 Å². The van der Waals surface area contributed by atoms with Gasteiger partial charge in [0.25, 0.3) is 5.91 Å². The zero-order valence-corrected chi connectivity index (χ0v) is 11.3. The zero-order chi connectivity index (χ0) is 14.0. The molecular formula is C11H16N2O4S. The van der Waals surface area contributed by atoms with Crippen LogP contribution in [0.25, 0.3) is 0 Å². The molecule has 0 aromatic carbocycles. The summed E-state index contributed by atoms with van der Waals surface area (Å²) >= 11 is 0. The van der Waals surface area contributed by atoms with E-state index in [1.165, 1.54) is 26.1 Å². The summed E-state index contributed by atoms with van der Waals surface area (Å²) in [4.78, 5) is 15.4. The molecule has 2 N–H and O–H groups in total. The van der Waals surface area contributed by atoms with Crippen LogP contribution in [0.1, 0.15) is 24.2 Å². The quantitative estimate of drug-likeness (QED) is 0.824. The summed E-state index contributed by atoms with van der Waals surface area (Å²) in [5.41, 5.74) is 0.0642. The molecule has 6 nitrogen and oxygen atoms in total. The van der Waals surface area contributed by atoms with E-state index in [9.17, 15) is 18.3 Å². The first-order chi connectivity index (χ1) is 8.15. The molecule has 0 spiro atoms. The molecule has 0 unspecified atom stereocenters. The highest BCUT2D eigenvalue weighted by Gasteiger charge is 2.30. The second-order valence-electron chi connectivity index (χ2n) is 4.61. The Morgan fingerprint density at radius 1 is 1.50 bits per heavy atom. The molecule has 0 bridgehead atoms. The zero-order valence-electron chi connectivity index (χ0n) is 10.5. The highest BCUT2D eigenvalue weighted by molar-refractivity contribution is 7.92. The second-order valence-corrected chi connectivity index (χ2v) is 7.26. The average molecular weight is 272 g/mol. The number of nitrogens with one attached hydrogen (secondary N) is 1. The number of pyridine rings is 1. The van der Waals surface area contributed by atoms with Gasteiger partial charge in [0.2, 0.25) is 0 Å². The number of aromatic hydroxyl groups is 1. The minimum absolute atomic E-state index is 0.0353. The molecule has 0 saturated carbocycles. The van der Waals surface area contributed by atoms with Gasteiger partial charge in [-0.1, -0.05) is 0 Å². The lowest BCUT2D eigenvalue weighted by Gasteiger charge is -2.22. The van der Waals surface area contributed by atoms with Crippen molar-refractivity contribution in [3.05, 3.63) is 24.0 Å². The first kappa shape index (κ1) is 14.4. The molecule has 1 aromatic rings. The van der Waals surface area contributed by atoms with Crippen LogP contribution in [-0.2, 0) is 9.84 Å². The molecule has 0 aliphatic heterocycles. The van der Waals surface area contributed by atoms with Crippen LogP contribution in [-0.4, -0.2) is 42.0 Å². The predicted molar refractivity (Wildman–Crippen MR) is 67.2 cm³/mol. The monoisotopic (exact) mass is 272 g/mol. The van der Waals surface area contributed by atoms with Gasteiger partial charge in [-0.3, -0.25) is 9.78 Å². The highest BCUT2D eigenvalue weighted by atomic mass is 32.2. The molecule has 0 aliphatic rings. The van der Waals surface area contributed by atoms with E-state index in [1.807, 2.05) is 0 Å². The Labute approximate surface area is 106 Å². The van der Waals surface area contributed by atoms with Gasteiger partial charge < -0.3 is 10.4 Å². The molecule has 1 amide bonds. The minimum atomic E-state index is -3.28. The number of hydrogen-bond donors (Lipinski definition) is 2. The van der Waals surface area contributed by atoms with Gasteiger partial charge in [-0.2, -0.15) is 0 Å². The van der Waals surface area contributed by atoms with Crippen LogP contribution < -0.4 is 5.32 Å². The van der Waals surface area contributed by atoms with Gasteiger partial charge in [0.1, 0.15) is 5.75 Å². The molecule has 1 aromatic heterocycles. The molecule has 1 rings (SSSR count). The van der Waals surface area contributed by atoms with Crippen molar-refractivity contribution < 1.29 is 18.3 Å². The van der Waals surface area contributed by atoms with E-state index in [0.717, 1.165) is 12.5 Å². The molecule has 100 valence electrons. The Balaban J connectivity index is 2.77. The summed E-state index contributed by atoms with van der Waals surface area (Å²) in [6, 6.07) is 1.36. The number of sulfone groups is 1. The van der Waals surface area contributed by atoms with E-state index in [1.54, 1.807) is 0 Å². The number of nitrogens with zero attached hydrogens (tertiary/aromatic N) is 1. The van der Waals surface area contributed by atoms with Crippen LogP contribution in [0.4, 0.5) is 0 Å². The van der Waals surface area contributed by atoms with Gasteiger partial charge in [-0.15, -0.1) is 0 Å². The van der Waals surface area contributed by atoms with Gasteiger partial charge in [0.05, 0.1) is 16.5 Å². The molecule has 0 saturated heterocycles. The van der Waals surface area contributed by atoms with Crippen molar-refractivity contribution in [1.82, 2.24) is 10.3 Å². The fraction of sp³-hybridized carbons (Fsp3) is 0.455. The molecule has 1 heterocycles. The first-order valence-electron chi connectivity index (χ1n) is 5.26. The third-order valence-electron chi connectivity index (χ3n) is 2.72. The van der Waals surface area contributed by atoms with Crippen molar-refractivity contribution in [2.75, 3.05) is 12.8 Å². The Bertz CT molecular complexity index is 552. The fourth-order valence-corrected chi connectivity index (χ4v) is 1.43. The first-order valence-corrected chi connectivity index (χ1v) is 7.15. The third-order valence-corrected chi connectivity index (χ3v) is 4.87. The summed E-state index contributed by atoms with van der Waals surface area (Å²) in [5.74, 6) is -0.779. The van der Waals surface area contributed by atoms with Crippen molar-refractivity contribution in [3.8, 4) is 5.75 Å². The van der Waals surface area contributed by atoms with Crippen LogP contribution in [0.2, 0.25) is 0 Å². The van der Waals surface area contributed by atoms with Gasteiger partial charge in [-0.05, 0) is 19.9 Å². The van der Waals surface area contributed by atoms with Crippen LogP contribution in [0, 0.1) is 0 Å². The van der Waals surface area contributed by atoms with Gasteiger partial charge >= 0.3 is 0 Å². The van der Waals surface area contributed by atoms with Crippen LogP contribution >= 0.6 is 0 Å². The van der Waals surface area contributed by atoms with E-state index in [2.05, 4.69) is 10.3 Å². The largest absolute Gasteiger partial charge is 0.505 e. The lowest BCUT2D eigenvalue weighted by molar-refractivity contribution is 0.0947. The number of carbonyl (C=O) groups excluding carboxylic acids is 1. The molecule has 18 heavy (non-hydrogen) atoms. The summed E-state index contributed by atoms with van der Waals surface area (Å²) in [6.07, 6.45) is 3.63. The lowest BCUT2D eigenvalue weighted by atomic mass is 10.2. The van der Waals surface area contributed by atoms with E-state index in [4.69, 9.17) is 0 Å². The Morgan fingerprint density at radius 3 is 2.61 bits per heavy atom. The molecule has 0 atom stereocenters. The molecule has 0 fully saturated rings. The number of aromatic nitrogens is 1. The Kier molecular flexibility index (Phi) is 3.95. The number of carbonyl (C=O) groups is 1. The van der Waals surface area contributed by atoms with Gasteiger partial charge in [0, 0.05) is 19.0 Å². The maximum Gasteiger partial charge on any atom is 0.255 e. The summed E-state index contributed by atoms with van der Waals surface area (Å²) < 4.78 is 21.9. The maximum atomic E-state index is 11.7. The smallest absolute Gasteiger partial charge is 0.255 e. The minimum Gasteiger partial charge on any atom is -0.505 e. The standard InChI is InChI=1S/C11H16N2O4S/c1-11(2,18(3,16)17)7-13-10(15)8-4-5-12-6-9(8)14/h4-6,14H,7H2,1-3H3,(H,13,15). The molecule has 0 radical (unpaired) electrons. The van der Waals surface area contributed by atoms with Gasteiger partial charge in [-0.25, -0.2) is 8.42 Å². The molecule has 0 aliphatic carbocycles. The Morgan fingerprint density at radius 2 is 2.11 bits per heavy atom. The van der Waals surface area contributed by atoms with Crippen molar-refractivity contribution in [2.45, 2.75) is 18.6 Å². The normalized spacial score (nSPS) is 12.2. The topological polar surface area (TPSA) is 96.4 Å². The fourth-order valence-electron chi connectivity index (χ4n) is 1.10. The van der Waals surface area contributed by atoms with E-state index < -0.39 is 20.5 Å². The number of rotatable bonds is 4. The summed E-state index contributed by atoms with van der Waals surface area (Å²) in [5, 5.41) is 11.9. The summed E-state index contributed by atoms with van der Waals surface area (Å²) in [6.45, 7) is 3.01. The predicted octanol–water partition coefficient (Wildman–Crippen LogP) is 0.340. The lowest BCUT2D eigenvalue weighted by Crippen LogP contribution is -2.43. The van der Waals surface area contributed by atoms with E-state index in [0.29, 0.717) is 0 Å². The third kappa shape index (κ3) is 3.19. The summed E-state index contributed by atoms with van der Waals surface area (Å²) in [7, 11) is -3.28. The molecule has 7 heteroatoms. The number of hydrogen-bond acceptors (Lipinski definition) is 5. The average Bonchev–Trinajstić information content (AvgIpc) is 2.25. The van der Waals surface area contributed by atoms with Crippen molar-refractivity contribution in [3.63, 3.8) is 0 Å². The van der Waals surface area contributed by atoms with Crippen LogP contribution in [0.3, 0.4) is 0 Å². The second kappa shape index (κ2) is 4.93. The Hall–Kier alpha value is -1.63. The van der Waals surface area contributed by atoms with Crippen molar-refractivity contribution >= 4 is 15.7 Å². The number of amides is 1. The SMILES string of the molecule is CC(C)(CNC(=O)c1ccncc1O)S(C)(=O)=O. The van der Waals surface area contributed by atoms with Crippen LogP contribution in [0.15, 0.2) is 18.5 Å². The molecular weight excluding hydrogens is 256 g/mol. The van der Waals surface area contributed by atoms with Crippen molar-refractivity contribution in [2.24, 2.45) is 0 Å².